The van der Waals surface area contributed by atoms with Crippen molar-refractivity contribution in [2.75, 3.05) is 10.0 Å². The third-order valence-corrected chi connectivity index (χ3v) is 6.78. The van der Waals surface area contributed by atoms with Crippen molar-refractivity contribution < 1.29 is 31.5 Å². The molecule has 0 aliphatic heterocycles. The molecule has 0 bridgehead atoms. The van der Waals surface area contributed by atoms with Crippen LogP contribution < -0.4 is 10.0 Å². The highest BCUT2D eigenvalue weighted by Gasteiger charge is 2.39. The lowest BCUT2D eigenvalue weighted by Crippen LogP contribution is -2.29. The van der Waals surface area contributed by atoms with Crippen molar-refractivity contribution in [1.29, 1.82) is 0 Å². The Hall–Kier alpha value is -3.12. The van der Waals surface area contributed by atoms with Crippen LogP contribution in [0, 0.1) is 13.8 Å². The van der Waals surface area contributed by atoms with Gasteiger partial charge in [-0.3, -0.25) is 14.8 Å². The van der Waals surface area contributed by atoms with Crippen LogP contribution in [0.15, 0.2) is 47.4 Å². The van der Waals surface area contributed by atoms with Gasteiger partial charge in [-0.1, -0.05) is 23.5 Å². The highest BCUT2D eigenvalue weighted by Crippen LogP contribution is 2.35. The summed E-state index contributed by atoms with van der Waals surface area (Å²) < 4.78 is 65.6. The third-order valence-electron chi connectivity index (χ3n) is 4.13. The maximum atomic E-state index is 12.9. The number of alkyl halides is 3. The van der Waals surface area contributed by atoms with Gasteiger partial charge in [-0.15, -0.1) is 0 Å². The van der Waals surface area contributed by atoms with Gasteiger partial charge < -0.3 is 5.11 Å². The lowest BCUT2D eigenvalue weighted by molar-refractivity contribution is -0.167. The molecule has 0 radical (unpaired) electrons. The normalized spacial score (nSPS) is 11.9. The van der Waals surface area contributed by atoms with Gasteiger partial charge in [-0.05, 0) is 55.3 Å². The number of hydrogen-bond donors (Lipinski definition) is 3. The molecule has 2 aromatic carbocycles. The van der Waals surface area contributed by atoms with Gasteiger partial charge in [-0.2, -0.15) is 13.2 Å². The molecule has 7 nitrogen and oxygen atoms in total. The molecule has 1 amide bonds. The first-order valence-corrected chi connectivity index (χ1v) is 11.0. The molecule has 1 heterocycles. The van der Waals surface area contributed by atoms with Crippen molar-refractivity contribution >= 4 is 38.1 Å². The number of aryl methyl sites for hydroxylation is 2. The van der Waals surface area contributed by atoms with Gasteiger partial charge in [0.25, 0.3) is 10.0 Å². The number of phenolic OH excluding ortho intramolecular Hbond substituents is 1. The molecule has 0 saturated heterocycles. The Morgan fingerprint density at radius 3 is 2.35 bits per heavy atom. The molecule has 0 aliphatic carbocycles. The monoisotopic (exact) mass is 471 g/mol. The predicted octanol–water partition coefficient (Wildman–Crippen LogP) is 4.43. The molecular weight excluding hydrogens is 455 g/mol. The zero-order chi connectivity index (χ0) is 23.0. The Morgan fingerprint density at radius 2 is 1.74 bits per heavy atom. The summed E-state index contributed by atoms with van der Waals surface area (Å²) >= 11 is 0.802. The average Bonchev–Trinajstić information content (AvgIpc) is 3.03. The van der Waals surface area contributed by atoms with E-state index in [0.717, 1.165) is 11.3 Å². The SMILES string of the molecule is Cc1ccc(-c2sc(NC(=O)C(F)(F)F)nc2C)cc1S(=O)(=O)Nc1ccc(O)cc1. The minimum atomic E-state index is -5.05. The molecule has 3 rings (SSSR count). The van der Waals surface area contributed by atoms with Crippen molar-refractivity contribution in [3.05, 3.63) is 53.7 Å². The zero-order valence-corrected chi connectivity index (χ0v) is 17.7. The second-order valence-electron chi connectivity index (χ2n) is 6.52. The Kier molecular flexibility index (Phi) is 5.96. The van der Waals surface area contributed by atoms with E-state index < -0.39 is 22.1 Å². The molecule has 0 spiro atoms. The van der Waals surface area contributed by atoms with Gasteiger partial charge >= 0.3 is 12.1 Å². The maximum absolute atomic E-state index is 12.9. The number of sulfonamides is 1. The number of phenols is 1. The van der Waals surface area contributed by atoms with Crippen LogP contribution in [-0.4, -0.2) is 30.6 Å². The number of nitrogens with zero attached hydrogens (tertiary/aromatic N) is 1. The quantitative estimate of drug-likeness (QED) is 0.477. The first-order chi connectivity index (χ1) is 14.4. The van der Waals surface area contributed by atoms with Crippen molar-refractivity contribution in [3.63, 3.8) is 0 Å². The van der Waals surface area contributed by atoms with Crippen LogP contribution in [0.1, 0.15) is 11.3 Å². The number of thiazole rings is 1. The van der Waals surface area contributed by atoms with Crippen LogP contribution in [0.5, 0.6) is 5.75 Å². The van der Waals surface area contributed by atoms with Gasteiger partial charge in [0.15, 0.2) is 5.13 Å². The first kappa shape index (κ1) is 22.6. The number of amides is 1. The smallest absolute Gasteiger partial charge is 0.471 e. The van der Waals surface area contributed by atoms with Crippen LogP contribution >= 0.6 is 11.3 Å². The fourth-order valence-electron chi connectivity index (χ4n) is 2.66. The van der Waals surface area contributed by atoms with E-state index in [0.29, 0.717) is 21.7 Å². The van der Waals surface area contributed by atoms with Crippen LogP contribution in [0.2, 0.25) is 0 Å². The molecular formula is C19H16F3N3O4S2. The van der Waals surface area contributed by atoms with Crippen molar-refractivity contribution in [2.45, 2.75) is 24.9 Å². The minimum Gasteiger partial charge on any atom is -0.508 e. The second kappa shape index (κ2) is 8.19. The molecule has 0 saturated carbocycles. The topological polar surface area (TPSA) is 108 Å². The number of aromatic nitrogens is 1. The van der Waals surface area contributed by atoms with Crippen molar-refractivity contribution in [1.82, 2.24) is 4.98 Å². The fourth-order valence-corrected chi connectivity index (χ4v) is 4.94. The summed E-state index contributed by atoms with van der Waals surface area (Å²) in [7, 11) is -4.00. The van der Waals surface area contributed by atoms with Crippen LogP contribution in [-0.2, 0) is 14.8 Å². The zero-order valence-electron chi connectivity index (χ0n) is 16.1. The Labute approximate surface area is 179 Å². The van der Waals surface area contributed by atoms with E-state index in [2.05, 4.69) is 9.71 Å². The third kappa shape index (κ3) is 5.14. The largest absolute Gasteiger partial charge is 0.508 e. The van der Waals surface area contributed by atoms with Gasteiger partial charge in [-0.25, -0.2) is 13.4 Å². The molecule has 3 N–H and O–H groups in total. The number of carbonyl (C=O) groups excluding carboxylic acids is 1. The molecule has 164 valence electrons. The lowest BCUT2D eigenvalue weighted by atomic mass is 10.1. The van der Waals surface area contributed by atoms with Crippen molar-refractivity contribution in [2.24, 2.45) is 0 Å². The van der Waals surface area contributed by atoms with E-state index in [1.807, 2.05) is 0 Å². The highest BCUT2D eigenvalue weighted by molar-refractivity contribution is 7.92. The maximum Gasteiger partial charge on any atom is 0.471 e. The Balaban J connectivity index is 1.94. The summed E-state index contributed by atoms with van der Waals surface area (Å²) in [6.45, 7) is 3.14. The number of hydrogen-bond acceptors (Lipinski definition) is 6. The number of anilines is 2. The van der Waals surface area contributed by atoms with Crippen LogP contribution in [0.25, 0.3) is 10.4 Å². The standard InChI is InChI=1S/C19H16F3N3O4S2/c1-10-3-4-12(16-11(2)23-18(30-16)24-17(27)19(20,21)22)9-15(10)31(28,29)25-13-5-7-14(26)8-6-13/h3-9,25-26H,1-2H3,(H,23,24,27). The summed E-state index contributed by atoms with van der Waals surface area (Å²) in [5.74, 6) is -2.16. The van der Waals surface area contributed by atoms with Gasteiger partial charge in [0.2, 0.25) is 0 Å². The number of halogens is 3. The van der Waals surface area contributed by atoms with E-state index in [-0.39, 0.29) is 21.5 Å². The summed E-state index contributed by atoms with van der Waals surface area (Å²) in [5, 5.41) is 10.8. The van der Waals surface area contributed by atoms with E-state index in [9.17, 15) is 31.5 Å². The highest BCUT2D eigenvalue weighted by atomic mass is 32.2. The molecule has 3 aromatic rings. The lowest BCUT2D eigenvalue weighted by Gasteiger charge is -2.12. The molecule has 0 unspecified atom stereocenters. The van der Waals surface area contributed by atoms with E-state index in [1.54, 1.807) is 24.4 Å². The minimum absolute atomic E-state index is 0.0183. The summed E-state index contributed by atoms with van der Waals surface area (Å²) in [5.41, 5.74) is 1.44. The van der Waals surface area contributed by atoms with Gasteiger partial charge in [0.1, 0.15) is 5.75 Å². The average molecular weight is 471 g/mol. The molecule has 0 atom stereocenters. The summed E-state index contributed by atoms with van der Waals surface area (Å²) in [4.78, 5) is 15.5. The Bertz CT molecular complexity index is 1240. The first-order valence-electron chi connectivity index (χ1n) is 8.65. The summed E-state index contributed by atoms with van der Waals surface area (Å²) in [6, 6.07) is 10.0. The van der Waals surface area contributed by atoms with E-state index >= 15 is 0 Å². The summed E-state index contributed by atoms with van der Waals surface area (Å²) in [6.07, 6.45) is -5.05. The number of benzene rings is 2. The fraction of sp³-hybridized carbons (Fsp3) is 0.158. The molecule has 0 aliphatic rings. The van der Waals surface area contributed by atoms with E-state index in [4.69, 9.17) is 0 Å². The molecule has 12 heteroatoms. The van der Waals surface area contributed by atoms with E-state index in [1.165, 1.54) is 37.3 Å². The Morgan fingerprint density at radius 1 is 1.10 bits per heavy atom. The number of rotatable bonds is 5. The van der Waals surface area contributed by atoms with Crippen molar-refractivity contribution in [3.8, 4) is 16.2 Å². The van der Waals surface area contributed by atoms with Crippen LogP contribution in [0.4, 0.5) is 24.0 Å². The molecule has 1 aromatic heterocycles. The van der Waals surface area contributed by atoms with Crippen LogP contribution in [0.3, 0.4) is 0 Å². The van der Waals surface area contributed by atoms with Gasteiger partial charge in [0, 0.05) is 5.69 Å². The number of carbonyl (C=O) groups is 1. The number of aromatic hydroxyl groups is 1. The predicted molar refractivity (Wildman–Crippen MR) is 111 cm³/mol. The molecule has 0 fully saturated rings. The molecule has 31 heavy (non-hydrogen) atoms. The number of nitrogens with one attached hydrogen (secondary N) is 2. The van der Waals surface area contributed by atoms with Gasteiger partial charge in [0.05, 0.1) is 15.5 Å². The second-order valence-corrected chi connectivity index (χ2v) is 9.17.